The number of ether oxygens (including phenoxy) is 3. The second kappa shape index (κ2) is 47.8. The van der Waals surface area contributed by atoms with E-state index in [9.17, 15) is 14.4 Å². The van der Waals surface area contributed by atoms with Gasteiger partial charge in [0.05, 0.1) is 0 Å². The van der Waals surface area contributed by atoms with Gasteiger partial charge in [-0.2, -0.15) is 0 Å². The van der Waals surface area contributed by atoms with E-state index in [4.69, 9.17) is 14.2 Å². The van der Waals surface area contributed by atoms with Crippen molar-refractivity contribution in [2.75, 3.05) is 13.2 Å². The molecule has 6 nitrogen and oxygen atoms in total. The van der Waals surface area contributed by atoms with Crippen molar-refractivity contribution in [1.82, 2.24) is 0 Å². The first kappa shape index (κ1) is 56.1. The molecule has 0 aromatic carbocycles. The molecule has 58 heavy (non-hydrogen) atoms. The van der Waals surface area contributed by atoms with Crippen molar-refractivity contribution in [2.24, 2.45) is 0 Å². The van der Waals surface area contributed by atoms with Crippen LogP contribution in [-0.2, 0) is 28.6 Å². The summed E-state index contributed by atoms with van der Waals surface area (Å²) in [5, 5.41) is 0. The molecule has 0 aromatic rings. The third-order valence-electron chi connectivity index (χ3n) is 11.5. The summed E-state index contributed by atoms with van der Waals surface area (Å²) < 4.78 is 16.8. The third-order valence-corrected chi connectivity index (χ3v) is 11.5. The van der Waals surface area contributed by atoms with Crippen molar-refractivity contribution in [3.05, 3.63) is 12.2 Å². The minimum atomic E-state index is -0.766. The SMILES string of the molecule is CCCCCC/C=C\CCCCCCCC(=O)O[C@H](COC(=O)CCCCCCCCCCC)COC(=O)CCCCCCCCCCCCCCCCCCCC. The van der Waals surface area contributed by atoms with Crippen molar-refractivity contribution in [2.45, 2.75) is 290 Å². The first-order chi connectivity index (χ1) is 28.5. The minimum Gasteiger partial charge on any atom is -0.462 e. The number of carbonyl (C=O) groups is 3. The summed E-state index contributed by atoms with van der Waals surface area (Å²) in [7, 11) is 0. The first-order valence-corrected chi connectivity index (χ1v) is 25.7. The Labute approximate surface area is 360 Å². The molecule has 1 atom stereocenters. The van der Waals surface area contributed by atoms with Crippen LogP contribution in [0.2, 0.25) is 0 Å². The van der Waals surface area contributed by atoms with Gasteiger partial charge in [0.25, 0.3) is 0 Å². The Bertz CT molecular complexity index is 900. The Balaban J connectivity index is 4.25. The van der Waals surface area contributed by atoms with Crippen LogP contribution in [-0.4, -0.2) is 37.2 Å². The fourth-order valence-electron chi connectivity index (χ4n) is 7.61. The number of unbranched alkanes of at least 4 members (excludes halogenated alkanes) is 34. The lowest BCUT2D eigenvalue weighted by atomic mass is 10.0. The van der Waals surface area contributed by atoms with E-state index in [1.165, 1.54) is 180 Å². The van der Waals surface area contributed by atoms with E-state index in [2.05, 4.69) is 32.9 Å². The smallest absolute Gasteiger partial charge is 0.306 e. The predicted molar refractivity (Wildman–Crippen MR) is 247 cm³/mol. The Morgan fingerprint density at radius 2 is 0.569 bits per heavy atom. The minimum absolute atomic E-state index is 0.0684. The molecule has 0 spiro atoms. The monoisotopic (exact) mass is 819 g/mol. The molecule has 342 valence electrons. The predicted octanol–water partition coefficient (Wildman–Crippen LogP) is 16.6. The largest absolute Gasteiger partial charge is 0.462 e. The normalized spacial score (nSPS) is 12.0. The van der Waals surface area contributed by atoms with Crippen LogP contribution in [0.5, 0.6) is 0 Å². The molecule has 6 heteroatoms. The molecule has 0 saturated carbocycles. The number of carbonyl (C=O) groups excluding carboxylic acids is 3. The summed E-state index contributed by atoms with van der Waals surface area (Å²) in [6.07, 6.45) is 52.0. The summed E-state index contributed by atoms with van der Waals surface area (Å²) in [6.45, 7) is 6.63. The van der Waals surface area contributed by atoms with Gasteiger partial charge in [-0.15, -0.1) is 0 Å². The third kappa shape index (κ3) is 45.2. The molecule has 0 aliphatic carbocycles. The fraction of sp³-hybridized carbons (Fsp3) is 0.904. The van der Waals surface area contributed by atoms with Crippen molar-refractivity contribution in [3.8, 4) is 0 Å². The lowest BCUT2D eigenvalue weighted by molar-refractivity contribution is -0.167. The van der Waals surface area contributed by atoms with E-state index >= 15 is 0 Å². The van der Waals surface area contributed by atoms with E-state index < -0.39 is 6.10 Å². The van der Waals surface area contributed by atoms with Crippen LogP contribution in [0.4, 0.5) is 0 Å². The summed E-state index contributed by atoms with van der Waals surface area (Å²) in [5.74, 6) is -0.865. The maximum atomic E-state index is 12.7. The number of hydrogen-bond donors (Lipinski definition) is 0. The molecule has 0 aliphatic heterocycles. The summed E-state index contributed by atoms with van der Waals surface area (Å²) in [5.41, 5.74) is 0. The van der Waals surface area contributed by atoms with Gasteiger partial charge < -0.3 is 14.2 Å². The summed E-state index contributed by atoms with van der Waals surface area (Å²) >= 11 is 0. The highest BCUT2D eigenvalue weighted by atomic mass is 16.6. The number of esters is 3. The van der Waals surface area contributed by atoms with Crippen LogP contribution in [0.25, 0.3) is 0 Å². The van der Waals surface area contributed by atoms with Gasteiger partial charge in [-0.25, -0.2) is 0 Å². The average Bonchev–Trinajstić information content (AvgIpc) is 3.22. The topological polar surface area (TPSA) is 78.9 Å². The van der Waals surface area contributed by atoms with Gasteiger partial charge in [0, 0.05) is 19.3 Å². The van der Waals surface area contributed by atoms with Crippen LogP contribution in [0, 0.1) is 0 Å². The zero-order chi connectivity index (χ0) is 42.3. The Hall–Kier alpha value is -1.85. The van der Waals surface area contributed by atoms with Crippen LogP contribution in [0.1, 0.15) is 284 Å². The molecule has 0 fully saturated rings. The van der Waals surface area contributed by atoms with E-state index in [0.29, 0.717) is 19.3 Å². The molecule has 0 N–H and O–H groups in total. The van der Waals surface area contributed by atoms with E-state index in [-0.39, 0.29) is 31.1 Å². The standard InChI is InChI=1S/C52H98O6/c1-4-7-10-13-16-19-21-23-24-25-26-27-29-30-33-36-39-42-45-51(54)57-48-49(47-56-50(53)44-41-38-35-32-18-15-12-9-6-3)58-52(55)46-43-40-37-34-31-28-22-20-17-14-11-8-5-2/h20,22,49H,4-19,21,23-48H2,1-3H3/b22-20-/t49-/m1/s1. The lowest BCUT2D eigenvalue weighted by Gasteiger charge is -2.18. The summed E-state index contributed by atoms with van der Waals surface area (Å²) in [4.78, 5) is 37.8. The Morgan fingerprint density at radius 3 is 0.879 bits per heavy atom. The molecule has 0 rings (SSSR count). The maximum Gasteiger partial charge on any atom is 0.306 e. The molecule has 0 radical (unpaired) electrons. The van der Waals surface area contributed by atoms with Crippen LogP contribution < -0.4 is 0 Å². The van der Waals surface area contributed by atoms with Gasteiger partial charge in [-0.3, -0.25) is 14.4 Å². The molecule has 0 bridgehead atoms. The van der Waals surface area contributed by atoms with Crippen molar-refractivity contribution >= 4 is 17.9 Å². The summed E-state index contributed by atoms with van der Waals surface area (Å²) in [6, 6.07) is 0. The Morgan fingerprint density at radius 1 is 0.328 bits per heavy atom. The van der Waals surface area contributed by atoms with Gasteiger partial charge in [0.1, 0.15) is 13.2 Å². The van der Waals surface area contributed by atoms with Gasteiger partial charge in [-0.05, 0) is 44.9 Å². The highest BCUT2D eigenvalue weighted by molar-refractivity contribution is 5.71. The Kier molecular flexibility index (Phi) is 46.3. The van der Waals surface area contributed by atoms with E-state index in [1.807, 2.05) is 0 Å². The molecular weight excluding hydrogens is 721 g/mol. The zero-order valence-electron chi connectivity index (χ0n) is 39.1. The fourth-order valence-corrected chi connectivity index (χ4v) is 7.61. The van der Waals surface area contributed by atoms with E-state index in [0.717, 1.165) is 64.2 Å². The molecule has 0 amide bonds. The van der Waals surface area contributed by atoms with Gasteiger partial charge in [-0.1, -0.05) is 232 Å². The van der Waals surface area contributed by atoms with Gasteiger partial charge in [0.2, 0.25) is 0 Å². The molecular formula is C52H98O6. The van der Waals surface area contributed by atoms with Gasteiger partial charge in [0.15, 0.2) is 6.10 Å². The molecule has 0 unspecified atom stereocenters. The second-order valence-corrected chi connectivity index (χ2v) is 17.4. The van der Waals surface area contributed by atoms with Crippen molar-refractivity contribution < 1.29 is 28.6 Å². The highest BCUT2D eigenvalue weighted by Gasteiger charge is 2.19. The van der Waals surface area contributed by atoms with E-state index in [1.54, 1.807) is 0 Å². The average molecular weight is 819 g/mol. The molecule has 0 aromatic heterocycles. The maximum absolute atomic E-state index is 12.7. The molecule has 0 saturated heterocycles. The molecule has 0 heterocycles. The second-order valence-electron chi connectivity index (χ2n) is 17.4. The highest BCUT2D eigenvalue weighted by Crippen LogP contribution is 2.16. The number of rotatable bonds is 47. The van der Waals surface area contributed by atoms with Gasteiger partial charge >= 0.3 is 17.9 Å². The molecule has 0 aliphatic rings. The first-order valence-electron chi connectivity index (χ1n) is 25.7. The van der Waals surface area contributed by atoms with Crippen molar-refractivity contribution in [1.29, 1.82) is 0 Å². The number of allylic oxidation sites excluding steroid dienone is 2. The van der Waals surface area contributed by atoms with Crippen LogP contribution in [0.3, 0.4) is 0 Å². The van der Waals surface area contributed by atoms with Crippen LogP contribution in [0.15, 0.2) is 12.2 Å². The van der Waals surface area contributed by atoms with Crippen LogP contribution >= 0.6 is 0 Å². The lowest BCUT2D eigenvalue weighted by Crippen LogP contribution is -2.30. The zero-order valence-corrected chi connectivity index (χ0v) is 39.1. The van der Waals surface area contributed by atoms with Crippen molar-refractivity contribution in [3.63, 3.8) is 0 Å². The quantitative estimate of drug-likeness (QED) is 0.0263. The number of hydrogen-bond acceptors (Lipinski definition) is 6.